The Bertz CT molecular complexity index is 513. The molecule has 0 aliphatic carbocycles. The number of nitrogens with one attached hydrogen (secondary N) is 1. The summed E-state index contributed by atoms with van der Waals surface area (Å²) in [7, 11) is 0. The number of aryl methyl sites for hydroxylation is 1. The summed E-state index contributed by atoms with van der Waals surface area (Å²) in [5.74, 6) is -1.21. The van der Waals surface area contributed by atoms with Crippen LogP contribution in [-0.4, -0.2) is 10.2 Å². The highest BCUT2D eigenvalue weighted by Gasteiger charge is 2.05. The van der Waals surface area contributed by atoms with Crippen LogP contribution in [0.4, 0.5) is 14.8 Å². The molecule has 0 aliphatic heterocycles. The molecular formula is C11H11F2N3O. The largest absolute Gasteiger partial charge is 0.408 e. The number of hydrogen-bond acceptors (Lipinski definition) is 4. The summed E-state index contributed by atoms with van der Waals surface area (Å²) < 4.78 is 30.8. The number of anilines is 1. The summed E-state index contributed by atoms with van der Waals surface area (Å²) in [6.07, 6.45) is 0.653. The lowest BCUT2D eigenvalue weighted by atomic mass is 10.2. The Balaban J connectivity index is 1.99. The molecule has 0 radical (unpaired) electrons. The molecule has 0 bridgehead atoms. The van der Waals surface area contributed by atoms with E-state index in [1.54, 1.807) is 0 Å². The quantitative estimate of drug-likeness (QED) is 0.890. The zero-order chi connectivity index (χ0) is 12.3. The fourth-order valence-corrected chi connectivity index (χ4v) is 1.30. The van der Waals surface area contributed by atoms with Crippen LogP contribution in [0.2, 0.25) is 0 Å². The van der Waals surface area contributed by atoms with Crippen molar-refractivity contribution in [3.05, 3.63) is 41.3 Å². The van der Waals surface area contributed by atoms with E-state index in [1.807, 2.05) is 6.92 Å². The summed E-state index contributed by atoms with van der Waals surface area (Å²) in [5, 5.41) is 10.3. The Morgan fingerprint density at radius 1 is 1.24 bits per heavy atom. The molecule has 90 valence electrons. The van der Waals surface area contributed by atoms with Crippen LogP contribution in [0, 0.1) is 11.6 Å². The first-order valence-corrected chi connectivity index (χ1v) is 5.19. The monoisotopic (exact) mass is 239 g/mol. The molecule has 0 amide bonds. The summed E-state index contributed by atoms with van der Waals surface area (Å²) >= 11 is 0. The molecule has 0 spiro atoms. The summed E-state index contributed by atoms with van der Waals surface area (Å²) in [5.41, 5.74) is 0.597. The summed E-state index contributed by atoms with van der Waals surface area (Å²) in [6.45, 7) is 2.19. The van der Waals surface area contributed by atoms with E-state index in [0.29, 0.717) is 24.4 Å². The lowest BCUT2D eigenvalue weighted by Gasteiger charge is -2.02. The first-order chi connectivity index (χ1) is 8.19. The van der Waals surface area contributed by atoms with Gasteiger partial charge < -0.3 is 9.73 Å². The van der Waals surface area contributed by atoms with E-state index in [2.05, 4.69) is 15.5 Å². The minimum absolute atomic E-state index is 0.270. The minimum Gasteiger partial charge on any atom is -0.408 e. The average Bonchev–Trinajstić information content (AvgIpc) is 2.79. The Morgan fingerprint density at radius 2 is 2.06 bits per heavy atom. The van der Waals surface area contributed by atoms with Gasteiger partial charge >= 0.3 is 6.01 Å². The Morgan fingerprint density at radius 3 is 2.71 bits per heavy atom. The van der Waals surface area contributed by atoms with Gasteiger partial charge in [-0.1, -0.05) is 18.1 Å². The first-order valence-electron chi connectivity index (χ1n) is 5.19. The standard InChI is InChI=1S/C11H11F2N3O/c1-2-10-15-16-11(17-10)14-6-7-3-4-8(12)9(13)5-7/h3-5H,2,6H2,1H3,(H,14,16). The second-order valence-electron chi connectivity index (χ2n) is 3.46. The number of hydrogen-bond donors (Lipinski definition) is 1. The van der Waals surface area contributed by atoms with Gasteiger partial charge in [0.15, 0.2) is 11.6 Å². The van der Waals surface area contributed by atoms with Crippen LogP contribution in [0.1, 0.15) is 18.4 Å². The second-order valence-corrected chi connectivity index (χ2v) is 3.46. The highest BCUT2D eigenvalue weighted by atomic mass is 19.2. The molecule has 17 heavy (non-hydrogen) atoms. The van der Waals surface area contributed by atoms with E-state index in [4.69, 9.17) is 4.42 Å². The van der Waals surface area contributed by atoms with Crippen LogP contribution in [0.15, 0.2) is 22.6 Å². The topological polar surface area (TPSA) is 51.0 Å². The van der Waals surface area contributed by atoms with Crippen molar-refractivity contribution < 1.29 is 13.2 Å². The summed E-state index contributed by atoms with van der Waals surface area (Å²) in [4.78, 5) is 0. The van der Waals surface area contributed by atoms with E-state index in [-0.39, 0.29) is 6.01 Å². The molecule has 0 atom stereocenters. The Labute approximate surface area is 96.7 Å². The van der Waals surface area contributed by atoms with Crippen molar-refractivity contribution in [3.63, 3.8) is 0 Å². The summed E-state index contributed by atoms with van der Waals surface area (Å²) in [6, 6.07) is 3.96. The molecule has 0 saturated carbocycles. The molecule has 2 aromatic rings. The maximum Gasteiger partial charge on any atom is 0.315 e. The molecule has 0 fully saturated rings. The van der Waals surface area contributed by atoms with E-state index in [0.717, 1.165) is 12.1 Å². The molecule has 1 aromatic carbocycles. The van der Waals surface area contributed by atoms with Crippen LogP contribution in [0.25, 0.3) is 0 Å². The number of halogens is 2. The fraction of sp³-hybridized carbons (Fsp3) is 0.273. The molecule has 0 saturated heterocycles. The molecule has 1 aromatic heterocycles. The van der Waals surface area contributed by atoms with Gasteiger partial charge in [0.1, 0.15) is 0 Å². The van der Waals surface area contributed by atoms with Gasteiger partial charge in [-0.25, -0.2) is 8.78 Å². The highest BCUT2D eigenvalue weighted by molar-refractivity contribution is 5.24. The Kier molecular flexibility index (Phi) is 3.32. The van der Waals surface area contributed by atoms with Crippen molar-refractivity contribution in [2.45, 2.75) is 19.9 Å². The molecule has 0 aliphatic rings. The smallest absolute Gasteiger partial charge is 0.315 e. The molecule has 0 unspecified atom stereocenters. The highest BCUT2D eigenvalue weighted by Crippen LogP contribution is 2.11. The number of aromatic nitrogens is 2. The van der Waals surface area contributed by atoms with Gasteiger partial charge in [0, 0.05) is 13.0 Å². The van der Waals surface area contributed by atoms with Gasteiger partial charge in [0.05, 0.1) is 0 Å². The van der Waals surface area contributed by atoms with Crippen molar-refractivity contribution in [2.75, 3.05) is 5.32 Å². The van der Waals surface area contributed by atoms with E-state index in [9.17, 15) is 8.78 Å². The molecule has 2 rings (SSSR count). The maximum atomic E-state index is 12.9. The normalized spacial score (nSPS) is 10.5. The molecule has 6 heteroatoms. The van der Waals surface area contributed by atoms with Gasteiger partial charge in [-0.15, -0.1) is 5.10 Å². The third kappa shape index (κ3) is 2.77. The fourth-order valence-electron chi connectivity index (χ4n) is 1.30. The minimum atomic E-state index is -0.871. The van der Waals surface area contributed by atoms with Crippen molar-refractivity contribution >= 4 is 6.01 Å². The zero-order valence-electron chi connectivity index (χ0n) is 9.20. The van der Waals surface area contributed by atoms with Crippen LogP contribution >= 0.6 is 0 Å². The van der Waals surface area contributed by atoms with E-state index in [1.165, 1.54) is 6.07 Å². The lowest BCUT2D eigenvalue weighted by molar-refractivity contribution is 0.505. The van der Waals surface area contributed by atoms with E-state index >= 15 is 0 Å². The number of benzene rings is 1. The van der Waals surface area contributed by atoms with Crippen molar-refractivity contribution in [1.29, 1.82) is 0 Å². The van der Waals surface area contributed by atoms with Gasteiger partial charge in [-0.3, -0.25) is 0 Å². The number of nitrogens with zero attached hydrogens (tertiary/aromatic N) is 2. The predicted octanol–water partition coefficient (Wildman–Crippen LogP) is 2.52. The SMILES string of the molecule is CCc1nnc(NCc2ccc(F)c(F)c2)o1. The molecule has 4 nitrogen and oxygen atoms in total. The van der Waals surface area contributed by atoms with Crippen molar-refractivity contribution in [1.82, 2.24) is 10.2 Å². The third-order valence-electron chi connectivity index (χ3n) is 2.20. The first kappa shape index (κ1) is 11.5. The molecule has 1 N–H and O–H groups in total. The van der Waals surface area contributed by atoms with Gasteiger partial charge in [-0.2, -0.15) is 0 Å². The molecule has 1 heterocycles. The van der Waals surface area contributed by atoms with Crippen LogP contribution in [0.3, 0.4) is 0 Å². The number of rotatable bonds is 4. The second kappa shape index (κ2) is 4.90. The zero-order valence-corrected chi connectivity index (χ0v) is 9.20. The van der Waals surface area contributed by atoms with Crippen molar-refractivity contribution in [3.8, 4) is 0 Å². The van der Waals surface area contributed by atoms with Crippen LogP contribution in [0.5, 0.6) is 0 Å². The van der Waals surface area contributed by atoms with E-state index < -0.39 is 11.6 Å². The van der Waals surface area contributed by atoms with Gasteiger partial charge in [-0.05, 0) is 17.7 Å². The molecular weight excluding hydrogens is 228 g/mol. The lowest BCUT2D eigenvalue weighted by Crippen LogP contribution is -2.00. The van der Waals surface area contributed by atoms with Crippen LogP contribution < -0.4 is 5.32 Å². The average molecular weight is 239 g/mol. The predicted molar refractivity (Wildman–Crippen MR) is 57.4 cm³/mol. The maximum absolute atomic E-state index is 12.9. The van der Waals surface area contributed by atoms with Gasteiger partial charge in [0.25, 0.3) is 0 Å². The Hall–Kier alpha value is -1.98. The van der Waals surface area contributed by atoms with Crippen LogP contribution in [-0.2, 0) is 13.0 Å². The van der Waals surface area contributed by atoms with Gasteiger partial charge in [0.2, 0.25) is 5.89 Å². The van der Waals surface area contributed by atoms with Crippen molar-refractivity contribution in [2.24, 2.45) is 0 Å². The third-order valence-corrected chi connectivity index (χ3v) is 2.20.